The van der Waals surface area contributed by atoms with Gasteiger partial charge in [0.05, 0.1) is 6.04 Å². The van der Waals surface area contributed by atoms with Crippen molar-refractivity contribution in [2.45, 2.75) is 52.2 Å². The molecule has 0 spiro atoms. The van der Waals surface area contributed by atoms with Crippen LogP contribution in [0.15, 0.2) is 42.5 Å². The van der Waals surface area contributed by atoms with Crippen molar-refractivity contribution in [2.24, 2.45) is 5.41 Å². The second kappa shape index (κ2) is 6.68. The fraction of sp³-hybridized carbons (Fsp3) is 0.476. The maximum atomic E-state index is 11.6. The Hall–Kier alpha value is -2.07. The van der Waals surface area contributed by atoms with E-state index in [0.29, 0.717) is 6.54 Å². The molecule has 0 radical (unpaired) electrons. The van der Waals surface area contributed by atoms with Crippen LogP contribution in [-0.2, 0) is 0 Å². The maximum Gasteiger partial charge on any atom is 0.407 e. The highest BCUT2D eigenvalue weighted by Crippen LogP contribution is 2.35. The van der Waals surface area contributed by atoms with E-state index in [4.69, 9.17) is 0 Å². The number of carbonyl (C=O) groups is 1. The molecule has 2 aromatic carbocycles. The molecule has 1 saturated heterocycles. The fourth-order valence-corrected chi connectivity index (χ4v) is 4.29. The second-order valence-corrected chi connectivity index (χ2v) is 8.14. The Kier molecular flexibility index (Phi) is 4.74. The van der Waals surface area contributed by atoms with E-state index >= 15 is 0 Å². The standard InChI is InChI=1S/C21H28N2O2/c1-14(16-11-7-9-15-8-5-6-10-17(15)16)22-18-12-13-23(20(24)25)19(18)21(2,3)4/h5-11,14,18-19,22H,12-13H2,1-4H3,(H,24,25)/t14?,18?,19-/m0/s1. The van der Waals surface area contributed by atoms with Crippen molar-refractivity contribution in [1.29, 1.82) is 0 Å². The number of rotatable bonds is 3. The summed E-state index contributed by atoms with van der Waals surface area (Å²) < 4.78 is 0. The van der Waals surface area contributed by atoms with Crippen molar-refractivity contribution >= 4 is 16.9 Å². The summed E-state index contributed by atoms with van der Waals surface area (Å²) in [5.41, 5.74) is 1.16. The Morgan fingerprint density at radius 3 is 2.56 bits per heavy atom. The van der Waals surface area contributed by atoms with E-state index in [0.717, 1.165) is 6.42 Å². The van der Waals surface area contributed by atoms with Crippen LogP contribution in [0.5, 0.6) is 0 Å². The van der Waals surface area contributed by atoms with Crippen LogP contribution in [0.3, 0.4) is 0 Å². The van der Waals surface area contributed by atoms with E-state index in [-0.39, 0.29) is 23.5 Å². The van der Waals surface area contributed by atoms with Crippen LogP contribution in [0.25, 0.3) is 10.8 Å². The largest absolute Gasteiger partial charge is 0.465 e. The molecule has 2 unspecified atom stereocenters. The quantitative estimate of drug-likeness (QED) is 0.854. The summed E-state index contributed by atoms with van der Waals surface area (Å²) in [6, 6.07) is 15.1. The number of benzene rings is 2. The molecule has 1 aliphatic rings. The Bertz CT molecular complexity index is 761. The van der Waals surface area contributed by atoms with Crippen LogP contribution in [-0.4, -0.2) is 34.7 Å². The first kappa shape index (κ1) is 17.7. The van der Waals surface area contributed by atoms with Crippen LogP contribution < -0.4 is 5.32 Å². The van der Waals surface area contributed by atoms with Gasteiger partial charge in [-0.2, -0.15) is 0 Å². The van der Waals surface area contributed by atoms with Crippen molar-refractivity contribution < 1.29 is 9.90 Å². The molecular weight excluding hydrogens is 312 g/mol. The maximum absolute atomic E-state index is 11.6. The molecule has 1 fully saturated rings. The van der Waals surface area contributed by atoms with Gasteiger partial charge < -0.3 is 15.3 Å². The lowest BCUT2D eigenvalue weighted by molar-refractivity contribution is 0.0957. The van der Waals surface area contributed by atoms with E-state index in [1.807, 2.05) is 0 Å². The zero-order valence-corrected chi connectivity index (χ0v) is 15.5. The van der Waals surface area contributed by atoms with Crippen LogP contribution in [0.4, 0.5) is 4.79 Å². The summed E-state index contributed by atoms with van der Waals surface area (Å²) in [4.78, 5) is 13.2. The Morgan fingerprint density at radius 2 is 1.88 bits per heavy atom. The van der Waals surface area contributed by atoms with Gasteiger partial charge in [-0.3, -0.25) is 0 Å². The van der Waals surface area contributed by atoms with Gasteiger partial charge >= 0.3 is 6.09 Å². The Labute approximate surface area is 149 Å². The third kappa shape index (κ3) is 3.49. The Balaban J connectivity index is 1.86. The summed E-state index contributed by atoms with van der Waals surface area (Å²) in [7, 11) is 0. The Morgan fingerprint density at radius 1 is 1.20 bits per heavy atom. The SMILES string of the molecule is CC(NC1CCN(C(=O)O)[C@@H]1C(C)(C)C)c1cccc2ccccc12. The van der Waals surface area contributed by atoms with Gasteiger partial charge in [-0.25, -0.2) is 4.79 Å². The predicted molar refractivity (Wildman–Crippen MR) is 102 cm³/mol. The van der Waals surface area contributed by atoms with Gasteiger partial charge in [0.15, 0.2) is 0 Å². The molecule has 3 atom stereocenters. The number of hydrogen-bond acceptors (Lipinski definition) is 2. The van der Waals surface area contributed by atoms with E-state index in [1.54, 1.807) is 4.90 Å². The summed E-state index contributed by atoms with van der Waals surface area (Å²) >= 11 is 0. The highest BCUT2D eigenvalue weighted by atomic mass is 16.4. The number of nitrogens with one attached hydrogen (secondary N) is 1. The van der Waals surface area contributed by atoms with Crippen LogP contribution in [0.1, 0.15) is 45.7 Å². The molecule has 25 heavy (non-hydrogen) atoms. The lowest BCUT2D eigenvalue weighted by Crippen LogP contribution is -2.52. The average Bonchev–Trinajstić information content (AvgIpc) is 2.98. The number of fused-ring (bicyclic) bond motifs is 1. The number of nitrogens with zero attached hydrogens (tertiary/aromatic N) is 1. The minimum Gasteiger partial charge on any atom is -0.465 e. The highest BCUT2D eigenvalue weighted by Gasteiger charge is 2.44. The lowest BCUT2D eigenvalue weighted by Gasteiger charge is -2.38. The normalized spacial score (nSPS) is 22.3. The summed E-state index contributed by atoms with van der Waals surface area (Å²) in [5.74, 6) is 0. The zero-order valence-electron chi connectivity index (χ0n) is 15.5. The zero-order chi connectivity index (χ0) is 18.2. The summed E-state index contributed by atoms with van der Waals surface area (Å²) in [5, 5.41) is 15.8. The minimum absolute atomic E-state index is 0.0255. The molecule has 0 aliphatic carbocycles. The van der Waals surface area contributed by atoms with Crippen molar-refractivity contribution in [3.8, 4) is 0 Å². The van der Waals surface area contributed by atoms with Crippen molar-refractivity contribution in [3.63, 3.8) is 0 Å². The van der Waals surface area contributed by atoms with Crippen LogP contribution >= 0.6 is 0 Å². The molecule has 4 heteroatoms. The topological polar surface area (TPSA) is 52.6 Å². The first-order valence-corrected chi connectivity index (χ1v) is 9.02. The van der Waals surface area contributed by atoms with Crippen molar-refractivity contribution in [1.82, 2.24) is 10.2 Å². The molecule has 0 saturated carbocycles. The number of carboxylic acid groups (broad SMARTS) is 1. The molecule has 4 nitrogen and oxygen atoms in total. The number of hydrogen-bond donors (Lipinski definition) is 2. The third-order valence-electron chi connectivity index (χ3n) is 5.28. The predicted octanol–water partition coefficient (Wildman–Crippen LogP) is 4.66. The van der Waals surface area contributed by atoms with Gasteiger partial charge in [0, 0.05) is 18.6 Å². The van der Waals surface area contributed by atoms with E-state index in [9.17, 15) is 9.90 Å². The fourth-order valence-electron chi connectivity index (χ4n) is 4.29. The smallest absolute Gasteiger partial charge is 0.407 e. The van der Waals surface area contributed by atoms with Gasteiger partial charge in [-0.05, 0) is 35.1 Å². The van der Waals surface area contributed by atoms with Crippen molar-refractivity contribution in [3.05, 3.63) is 48.0 Å². The molecule has 2 aromatic rings. The molecule has 3 rings (SSSR count). The minimum atomic E-state index is -0.818. The molecule has 1 aliphatic heterocycles. The third-order valence-corrected chi connectivity index (χ3v) is 5.28. The molecule has 134 valence electrons. The molecular formula is C21H28N2O2. The van der Waals surface area contributed by atoms with E-state index in [2.05, 4.69) is 75.5 Å². The second-order valence-electron chi connectivity index (χ2n) is 8.14. The molecule has 0 aromatic heterocycles. The van der Waals surface area contributed by atoms with Gasteiger partial charge in [0.2, 0.25) is 0 Å². The van der Waals surface area contributed by atoms with Gasteiger partial charge in [-0.1, -0.05) is 63.2 Å². The summed E-state index contributed by atoms with van der Waals surface area (Å²) in [6.45, 7) is 9.13. The van der Waals surface area contributed by atoms with E-state index < -0.39 is 6.09 Å². The van der Waals surface area contributed by atoms with Gasteiger partial charge in [-0.15, -0.1) is 0 Å². The summed E-state index contributed by atoms with van der Waals surface area (Å²) in [6.07, 6.45) is 0.0330. The van der Waals surface area contributed by atoms with Gasteiger partial charge in [0.1, 0.15) is 0 Å². The lowest BCUT2D eigenvalue weighted by atomic mass is 9.82. The van der Waals surface area contributed by atoms with Crippen molar-refractivity contribution in [2.75, 3.05) is 6.54 Å². The molecule has 0 bridgehead atoms. The highest BCUT2D eigenvalue weighted by molar-refractivity contribution is 5.86. The molecule has 1 heterocycles. The first-order chi connectivity index (χ1) is 11.8. The number of amides is 1. The van der Waals surface area contributed by atoms with E-state index in [1.165, 1.54) is 16.3 Å². The first-order valence-electron chi connectivity index (χ1n) is 9.02. The monoisotopic (exact) mass is 340 g/mol. The van der Waals surface area contributed by atoms with Crippen LogP contribution in [0.2, 0.25) is 0 Å². The average molecular weight is 340 g/mol. The molecule has 2 N–H and O–H groups in total. The van der Waals surface area contributed by atoms with Gasteiger partial charge in [0.25, 0.3) is 0 Å². The number of likely N-dealkylation sites (tertiary alicyclic amines) is 1. The molecule has 1 amide bonds. The van der Waals surface area contributed by atoms with Crippen LogP contribution in [0, 0.1) is 5.41 Å².